The van der Waals surface area contributed by atoms with E-state index in [0.717, 1.165) is 10.7 Å². The van der Waals surface area contributed by atoms with Gasteiger partial charge in [-0.15, -0.1) is 0 Å². The number of rotatable bonds is 3. The lowest BCUT2D eigenvalue weighted by Gasteiger charge is -1.95. The molecule has 0 spiro atoms. The number of aromatic nitrogens is 2. The monoisotopic (exact) mass is 210 g/mol. The van der Waals surface area contributed by atoms with E-state index in [9.17, 15) is 14.9 Å². The summed E-state index contributed by atoms with van der Waals surface area (Å²) in [6.45, 7) is -0.326. The predicted molar refractivity (Wildman–Crippen MR) is 45.6 cm³/mol. The molecule has 0 atom stereocenters. The van der Waals surface area contributed by atoms with Crippen LogP contribution >= 0.6 is 0 Å². The van der Waals surface area contributed by atoms with Gasteiger partial charge in [-0.25, -0.2) is 4.79 Å². The van der Waals surface area contributed by atoms with Gasteiger partial charge < -0.3 is 14.9 Å². The Kier molecular flexibility index (Phi) is 2.97. The van der Waals surface area contributed by atoms with Crippen LogP contribution in [0, 0.1) is 21.4 Å². The first kappa shape index (κ1) is 10.6. The van der Waals surface area contributed by atoms with Crippen molar-refractivity contribution in [1.29, 1.82) is 5.26 Å². The van der Waals surface area contributed by atoms with Gasteiger partial charge in [0.2, 0.25) is 0 Å². The Bertz CT molecular complexity index is 444. The normalized spacial score (nSPS) is 9.33. The fraction of sp³-hybridized carbons (Fsp3) is 0.286. The number of ether oxygens (including phenoxy) is 1. The summed E-state index contributed by atoms with van der Waals surface area (Å²) < 4.78 is 5.26. The molecule has 8 nitrogen and oxygen atoms in total. The molecule has 1 aromatic rings. The molecule has 8 heteroatoms. The third kappa shape index (κ3) is 2.28. The van der Waals surface area contributed by atoms with Crippen LogP contribution in [0.5, 0.6) is 0 Å². The molecule has 0 unspecified atom stereocenters. The number of esters is 1. The zero-order valence-corrected chi connectivity index (χ0v) is 7.71. The molecule has 0 amide bonds. The van der Waals surface area contributed by atoms with E-state index in [-0.39, 0.29) is 12.2 Å². The summed E-state index contributed by atoms with van der Waals surface area (Å²) in [7, 11) is 1.17. The van der Waals surface area contributed by atoms with Crippen molar-refractivity contribution in [3.63, 3.8) is 0 Å². The van der Waals surface area contributed by atoms with Crippen molar-refractivity contribution < 1.29 is 14.5 Å². The highest BCUT2D eigenvalue weighted by Crippen LogP contribution is 2.10. The molecule has 0 radical (unpaired) electrons. The van der Waals surface area contributed by atoms with Crippen molar-refractivity contribution in [2.24, 2.45) is 0 Å². The fourth-order valence-corrected chi connectivity index (χ4v) is 0.890. The molecule has 0 aromatic carbocycles. The molecule has 0 aliphatic rings. The summed E-state index contributed by atoms with van der Waals surface area (Å²) in [5.74, 6) is -1.11. The Morgan fingerprint density at radius 1 is 1.87 bits per heavy atom. The lowest BCUT2D eigenvalue weighted by Crippen LogP contribution is -2.14. The van der Waals surface area contributed by atoms with E-state index >= 15 is 0 Å². The Hall–Kier alpha value is -2.43. The van der Waals surface area contributed by atoms with E-state index in [4.69, 9.17) is 5.26 Å². The van der Waals surface area contributed by atoms with Crippen LogP contribution in [-0.4, -0.2) is 27.8 Å². The van der Waals surface area contributed by atoms with Crippen LogP contribution in [0.2, 0.25) is 0 Å². The number of hydrogen-bond acceptors (Lipinski definition) is 6. The van der Waals surface area contributed by atoms with E-state index in [2.05, 4.69) is 9.84 Å². The number of nitrogens with zero attached hydrogens (tertiary/aromatic N) is 4. The van der Waals surface area contributed by atoms with E-state index < -0.39 is 16.7 Å². The second kappa shape index (κ2) is 4.19. The minimum Gasteiger partial charge on any atom is -0.468 e. The average molecular weight is 210 g/mol. The van der Waals surface area contributed by atoms with Crippen LogP contribution in [-0.2, 0) is 16.1 Å². The molecule has 0 aliphatic heterocycles. The van der Waals surface area contributed by atoms with E-state index in [1.807, 2.05) is 0 Å². The van der Waals surface area contributed by atoms with Gasteiger partial charge in [-0.2, -0.15) is 9.94 Å². The van der Waals surface area contributed by atoms with Crippen molar-refractivity contribution in [2.45, 2.75) is 6.54 Å². The van der Waals surface area contributed by atoms with Crippen LogP contribution in [0.4, 0.5) is 5.82 Å². The minimum absolute atomic E-state index is 0.0629. The Morgan fingerprint density at radius 2 is 2.53 bits per heavy atom. The first-order chi connectivity index (χ1) is 7.08. The van der Waals surface area contributed by atoms with Gasteiger partial charge >= 0.3 is 11.8 Å². The zero-order chi connectivity index (χ0) is 11.4. The molecular weight excluding hydrogens is 204 g/mol. The van der Waals surface area contributed by atoms with Gasteiger partial charge in [0.05, 0.1) is 18.3 Å². The molecule has 1 heterocycles. The Labute approximate surface area is 83.8 Å². The molecule has 1 rings (SSSR count). The highest BCUT2D eigenvalue weighted by molar-refractivity contribution is 5.69. The second-order valence-corrected chi connectivity index (χ2v) is 2.49. The molecule has 0 bridgehead atoms. The van der Waals surface area contributed by atoms with Crippen LogP contribution in [0.15, 0.2) is 6.07 Å². The molecule has 15 heavy (non-hydrogen) atoms. The first-order valence-corrected chi connectivity index (χ1v) is 3.77. The Balaban J connectivity index is 3.02. The zero-order valence-electron chi connectivity index (χ0n) is 7.71. The molecule has 0 saturated heterocycles. The van der Waals surface area contributed by atoms with Crippen LogP contribution in [0.25, 0.3) is 0 Å². The van der Waals surface area contributed by atoms with Crippen LogP contribution < -0.4 is 0 Å². The smallest absolute Gasteiger partial charge is 0.391 e. The topological polar surface area (TPSA) is 111 Å². The largest absolute Gasteiger partial charge is 0.468 e. The third-order valence-electron chi connectivity index (χ3n) is 1.58. The molecule has 78 valence electrons. The van der Waals surface area contributed by atoms with E-state index in [1.165, 1.54) is 7.11 Å². The lowest BCUT2D eigenvalue weighted by atomic mass is 10.4. The maximum Gasteiger partial charge on any atom is 0.391 e. The van der Waals surface area contributed by atoms with Crippen molar-refractivity contribution in [2.75, 3.05) is 7.11 Å². The maximum atomic E-state index is 10.9. The van der Waals surface area contributed by atoms with Gasteiger partial charge in [0, 0.05) is 0 Å². The average Bonchev–Trinajstić information content (AvgIpc) is 2.61. The summed E-state index contributed by atoms with van der Waals surface area (Å²) in [5, 5.41) is 22.4. The molecule has 1 aromatic heterocycles. The van der Waals surface area contributed by atoms with Crippen molar-refractivity contribution in [3.8, 4) is 6.07 Å². The predicted octanol–water partition coefficient (Wildman–Crippen LogP) is -0.164. The SMILES string of the molecule is COC(=O)Cn1nc([N+](=O)[O-])cc1C#N. The van der Waals surface area contributed by atoms with Gasteiger partial charge in [-0.05, 0) is 4.92 Å². The highest BCUT2D eigenvalue weighted by atomic mass is 16.6. The number of hydrogen-bond donors (Lipinski definition) is 0. The van der Waals surface area contributed by atoms with E-state index in [1.54, 1.807) is 6.07 Å². The Morgan fingerprint density at radius 3 is 3.00 bits per heavy atom. The van der Waals surface area contributed by atoms with Crippen molar-refractivity contribution in [1.82, 2.24) is 9.78 Å². The summed E-state index contributed by atoms with van der Waals surface area (Å²) in [5.41, 5.74) is -0.0629. The number of carbonyl (C=O) groups is 1. The molecule has 0 N–H and O–H groups in total. The quantitative estimate of drug-likeness (QED) is 0.389. The summed E-state index contributed by atoms with van der Waals surface area (Å²) >= 11 is 0. The summed E-state index contributed by atoms with van der Waals surface area (Å²) in [6, 6.07) is 2.68. The highest BCUT2D eigenvalue weighted by Gasteiger charge is 2.19. The molecule has 0 saturated carbocycles. The standard InChI is InChI=1S/C7H6N4O4/c1-15-7(12)4-10-5(3-8)2-6(9-10)11(13)14/h2H,4H2,1H3. The lowest BCUT2D eigenvalue weighted by molar-refractivity contribution is -0.389. The van der Waals surface area contributed by atoms with Crippen molar-refractivity contribution in [3.05, 3.63) is 21.9 Å². The molecular formula is C7H6N4O4. The fourth-order valence-electron chi connectivity index (χ4n) is 0.890. The van der Waals surface area contributed by atoms with Gasteiger partial charge in [0.25, 0.3) is 0 Å². The van der Waals surface area contributed by atoms with Gasteiger partial charge in [0.1, 0.15) is 6.07 Å². The summed E-state index contributed by atoms with van der Waals surface area (Å²) in [4.78, 5) is 20.5. The summed E-state index contributed by atoms with van der Waals surface area (Å²) in [6.07, 6.45) is 0. The second-order valence-electron chi connectivity index (χ2n) is 2.49. The number of nitriles is 1. The minimum atomic E-state index is -0.741. The van der Waals surface area contributed by atoms with Crippen LogP contribution in [0.1, 0.15) is 5.69 Å². The van der Waals surface area contributed by atoms with Gasteiger partial charge in [-0.3, -0.25) is 0 Å². The first-order valence-electron chi connectivity index (χ1n) is 3.77. The van der Waals surface area contributed by atoms with Gasteiger partial charge in [-0.1, -0.05) is 0 Å². The van der Waals surface area contributed by atoms with Crippen molar-refractivity contribution >= 4 is 11.8 Å². The van der Waals surface area contributed by atoms with Gasteiger partial charge in [0.15, 0.2) is 12.2 Å². The third-order valence-corrected chi connectivity index (χ3v) is 1.58. The van der Waals surface area contributed by atoms with E-state index in [0.29, 0.717) is 0 Å². The molecule has 0 aliphatic carbocycles. The number of carbonyl (C=O) groups excluding carboxylic acids is 1. The number of methoxy groups -OCH3 is 1. The number of nitro groups is 1. The molecule has 0 fully saturated rings. The van der Waals surface area contributed by atoms with Crippen LogP contribution in [0.3, 0.4) is 0 Å². The maximum absolute atomic E-state index is 10.9.